The monoisotopic (exact) mass is 725 g/mol. The molecule has 0 amide bonds. The van der Waals surface area contributed by atoms with Crippen LogP contribution < -0.4 is 0 Å². The van der Waals surface area contributed by atoms with Crippen LogP contribution in [0.25, 0.3) is 88.5 Å². The van der Waals surface area contributed by atoms with Gasteiger partial charge in [0.25, 0.3) is 0 Å². The van der Waals surface area contributed by atoms with Gasteiger partial charge in [0.15, 0.2) is 0 Å². The molecule has 0 saturated heterocycles. The Bertz CT molecular complexity index is 3360. The number of aromatic nitrogens is 5. The molecule has 0 atom stereocenters. The molecule has 2 aliphatic carbocycles. The second kappa shape index (κ2) is 11.2. The van der Waals surface area contributed by atoms with E-state index in [0.29, 0.717) is 0 Å². The van der Waals surface area contributed by atoms with E-state index in [4.69, 9.17) is 4.98 Å². The summed E-state index contributed by atoms with van der Waals surface area (Å²) in [4.78, 5) is 14.3. The average molecular weight is 726 g/mol. The molecule has 57 heavy (non-hydrogen) atoms. The summed E-state index contributed by atoms with van der Waals surface area (Å²) in [5, 5.41) is 3.53. The second-order valence-corrected chi connectivity index (χ2v) is 15.2. The summed E-state index contributed by atoms with van der Waals surface area (Å²) in [6.07, 6.45) is 7.56. The highest BCUT2D eigenvalue weighted by molar-refractivity contribution is 6.16. The lowest BCUT2D eigenvalue weighted by Crippen LogP contribution is -2.26. The second-order valence-electron chi connectivity index (χ2n) is 15.2. The summed E-state index contributed by atoms with van der Waals surface area (Å²) in [5.41, 5.74) is 19.6. The van der Waals surface area contributed by atoms with Crippen LogP contribution in [-0.2, 0) is 5.41 Å². The van der Waals surface area contributed by atoms with Crippen LogP contribution in [0.4, 0.5) is 0 Å². The molecule has 0 N–H and O–H groups in total. The molecular weight excluding hydrogens is 695 g/mol. The number of hydrogen-bond acceptors (Lipinski definition) is 3. The molecule has 5 aromatic heterocycles. The van der Waals surface area contributed by atoms with Gasteiger partial charge in [-0.25, -0.2) is 0 Å². The number of para-hydroxylation sites is 1. The summed E-state index contributed by atoms with van der Waals surface area (Å²) >= 11 is 0. The van der Waals surface area contributed by atoms with E-state index < -0.39 is 5.41 Å². The normalized spacial score (nSPS) is 13.4. The van der Waals surface area contributed by atoms with Crippen molar-refractivity contribution in [2.75, 3.05) is 0 Å². The number of pyridine rings is 3. The van der Waals surface area contributed by atoms with Crippen molar-refractivity contribution in [2.24, 2.45) is 0 Å². The van der Waals surface area contributed by atoms with Crippen LogP contribution in [0, 0.1) is 0 Å². The number of fused-ring (bicyclic) bond motifs is 17. The zero-order valence-electron chi connectivity index (χ0n) is 30.6. The molecule has 5 heterocycles. The summed E-state index contributed by atoms with van der Waals surface area (Å²) < 4.78 is 4.75. The highest BCUT2D eigenvalue weighted by Gasteiger charge is 2.53. The van der Waals surface area contributed by atoms with Gasteiger partial charge < -0.3 is 9.13 Å². The minimum atomic E-state index is -0.503. The van der Waals surface area contributed by atoms with Crippen molar-refractivity contribution in [3.63, 3.8) is 0 Å². The Morgan fingerprint density at radius 1 is 0.404 bits per heavy atom. The maximum atomic E-state index is 5.25. The Hall–Kier alpha value is -7.63. The Balaban J connectivity index is 0.990. The molecule has 1 spiro atoms. The third-order valence-electron chi connectivity index (χ3n) is 12.5. The van der Waals surface area contributed by atoms with E-state index in [1.807, 2.05) is 30.9 Å². The molecule has 0 bridgehead atoms. The van der Waals surface area contributed by atoms with Crippen LogP contribution in [0.2, 0.25) is 0 Å². The minimum absolute atomic E-state index is 0.503. The molecule has 5 nitrogen and oxygen atoms in total. The predicted octanol–water partition coefficient (Wildman–Crippen LogP) is 12.1. The summed E-state index contributed by atoms with van der Waals surface area (Å²) in [6, 6.07) is 59.8. The van der Waals surface area contributed by atoms with Gasteiger partial charge >= 0.3 is 0 Å². The smallest absolute Gasteiger partial charge is 0.0978 e. The molecule has 0 radical (unpaired) electrons. The third kappa shape index (κ3) is 3.90. The molecule has 0 saturated carbocycles. The van der Waals surface area contributed by atoms with Crippen LogP contribution in [-0.4, -0.2) is 24.1 Å². The lowest BCUT2D eigenvalue weighted by molar-refractivity contribution is 0.761. The average Bonchev–Trinajstić information content (AvgIpc) is 3.99. The van der Waals surface area contributed by atoms with Crippen molar-refractivity contribution in [3.8, 4) is 44.8 Å². The van der Waals surface area contributed by atoms with Gasteiger partial charge in [-0.3, -0.25) is 15.0 Å². The first-order valence-electron chi connectivity index (χ1n) is 19.4. The molecular formula is C52H31N5. The van der Waals surface area contributed by atoms with Crippen LogP contribution in [0.5, 0.6) is 0 Å². The van der Waals surface area contributed by atoms with Crippen LogP contribution in [0.1, 0.15) is 22.4 Å². The Labute approximate surface area is 327 Å². The SMILES string of the molecule is c1ccc2c(c1)-c1ccccc1C21c2ccc3c4ccccc4n(-c4ccc(-c5ccc(-n6c7ccncc7c7ncccc76)cc5)cc4)c3c2-c2cccnc21. The Kier molecular flexibility index (Phi) is 6.04. The standard InChI is InChI=1S/C52H31N5/c1-4-13-42-36(9-1)37-10-2-5-14-43(37)52(42)44-26-25-39-38-11-3-6-15-45(38)57(50(39)48(44)40-12-7-29-55-51(40)52)35-23-19-33(20-24-35)32-17-21-34(22-18-32)56-46-27-30-53-31-41(46)49-47(56)16-8-28-54-49/h1-31H. The van der Waals surface area contributed by atoms with Gasteiger partial charge in [-0.05, 0) is 93.5 Å². The summed E-state index contributed by atoms with van der Waals surface area (Å²) in [6.45, 7) is 0. The van der Waals surface area contributed by atoms with Gasteiger partial charge in [0.2, 0.25) is 0 Å². The van der Waals surface area contributed by atoms with Gasteiger partial charge in [0.05, 0.1) is 38.7 Å². The minimum Gasteiger partial charge on any atom is -0.309 e. The number of benzene rings is 6. The molecule has 0 fully saturated rings. The first-order chi connectivity index (χ1) is 28.3. The molecule has 264 valence electrons. The van der Waals surface area contributed by atoms with E-state index >= 15 is 0 Å². The molecule has 11 aromatic rings. The van der Waals surface area contributed by atoms with E-state index in [-0.39, 0.29) is 0 Å². The lowest BCUT2D eigenvalue weighted by atomic mass is 9.72. The van der Waals surface area contributed by atoms with E-state index in [9.17, 15) is 0 Å². The first kappa shape index (κ1) is 30.7. The van der Waals surface area contributed by atoms with Crippen LogP contribution in [0.3, 0.4) is 0 Å². The summed E-state index contributed by atoms with van der Waals surface area (Å²) in [5.74, 6) is 0. The van der Waals surface area contributed by atoms with E-state index in [1.54, 1.807) is 0 Å². The van der Waals surface area contributed by atoms with Crippen molar-refractivity contribution in [3.05, 3.63) is 211 Å². The van der Waals surface area contributed by atoms with E-state index in [1.165, 1.54) is 60.8 Å². The quantitative estimate of drug-likeness (QED) is 0.182. The Morgan fingerprint density at radius 3 is 1.79 bits per heavy atom. The number of hydrogen-bond donors (Lipinski definition) is 0. The highest BCUT2D eigenvalue weighted by Crippen LogP contribution is 2.63. The molecule has 0 unspecified atom stereocenters. The van der Waals surface area contributed by atoms with E-state index in [2.05, 4.69) is 177 Å². The highest BCUT2D eigenvalue weighted by atomic mass is 15.0. The molecule has 0 aliphatic heterocycles. The largest absolute Gasteiger partial charge is 0.309 e. The van der Waals surface area contributed by atoms with Crippen molar-refractivity contribution < 1.29 is 0 Å². The number of rotatable bonds is 3. The van der Waals surface area contributed by atoms with E-state index in [0.717, 1.165) is 50.1 Å². The van der Waals surface area contributed by atoms with Gasteiger partial charge in [0, 0.05) is 63.4 Å². The Morgan fingerprint density at radius 2 is 1.02 bits per heavy atom. The molecule has 13 rings (SSSR count). The molecule has 2 aliphatic rings. The first-order valence-corrected chi connectivity index (χ1v) is 19.4. The molecule has 6 aromatic carbocycles. The van der Waals surface area contributed by atoms with Crippen LogP contribution in [0.15, 0.2) is 189 Å². The van der Waals surface area contributed by atoms with Gasteiger partial charge in [-0.15, -0.1) is 0 Å². The fourth-order valence-electron chi connectivity index (χ4n) is 10.3. The van der Waals surface area contributed by atoms with Crippen molar-refractivity contribution in [1.29, 1.82) is 0 Å². The zero-order chi connectivity index (χ0) is 37.2. The van der Waals surface area contributed by atoms with Crippen LogP contribution >= 0.6 is 0 Å². The van der Waals surface area contributed by atoms with Crippen molar-refractivity contribution in [2.45, 2.75) is 5.41 Å². The van der Waals surface area contributed by atoms with Crippen molar-refractivity contribution in [1.82, 2.24) is 24.1 Å². The van der Waals surface area contributed by atoms with Gasteiger partial charge in [-0.2, -0.15) is 0 Å². The number of nitrogens with zero attached hydrogens (tertiary/aromatic N) is 5. The fourth-order valence-corrected chi connectivity index (χ4v) is 10.3. The lowest BCUT2D eigenvalue weighted by Gasteiger charge is -2.29. The van der Waals surface area contributed by atoms with Gasteiger partial charge in [0.1, 0.15) is 0 Å². The zero-order valence-corrected chi connectivity index (χ0v) is 30.6. The fraction of sp³-hybridized carbons (Fsp3) is 0.0192. The summed E-state index contributed by atoms with van der Waals surface area (Å²) in [7, 11) is 0. The maximum absolute atomic E-state index is 5.25. The van der Waals surface area contributed by atoms with Gasteiger partial charge in [-0.1, -0.05) is 109 Å². The maximum Gasteiger partial charge on any atom is 0.0978 e. The predicted molar refractivity (Wildman–Crippen MR) is 230 cm³/mol. The van der Waals surface area contributed by atoms with Crippen molar-refractivity contribution >= 4 is 43.7 Å². The topological polar surface area (TPSA) is 48.5 Å². The third-order valence-corrected chi connectivity index (χ3v) is 12.5. The molecule has 5 heteroatoms.